The lowest BCUT2D eigenvalue weighted by molar-refractivity contribution is 0.282. The van der Waals surface area contributed by atoms with E-state index in [2.05, 4.69) is 11.8 Å². The van der Waals surface area contributed by atoms with Gasteiger partial charge in [0.05, 0.1) is 4.99 Å². The van der Waals surface area contributed by atoms with Crippen LogP contribution in [0.15, 0.2) is 29.2 Å². The van der Waals surface area contributed by atoms with Gasteiger partial charge in [0.25, 0.3) is 5.56 Å². The number of pyridine rings is 1. The van der Waals surface area contributed by atoms with Crippen LogP contribution in [0.25, 0.3) is 0 Å². The van der Waals surface area contributed by atoms with E-state index in [1.807, 2.05) is 12.3 Å². The van der Waals surface area contributed by atoms with Gasteiger partial charge in [0.2, 0.25) is 0 Å². The van der Waals surface area contributed by atoms with E-state index in [-0.39, 0.29) is 5.56 Å². The number of nitrogens with two attached hydrogens (primary N) is 1. The minimum Gasteiger partial charge on any atom is -0.393 e. The minimum atomic E-state index is 0.0397. The van der Waals surface area contributed by atoms with Gasteiger partial charge in [-0.25, -0.2) is 0 Å². The Bertz CT molecular complexity index is 416. The summed E-state index contributed by atoms with van der Waals surface area (Å²) in [6, 6.07) is 5.20. The molecule has 0 aliphatic heterocycles. The average Bonchev–Trinajstić information content (AvgIpc) is 2.31. The zero-order valence-corrected chi connectivity index (χ0v) is 10.9. The first kappa shape index (κ1) is 13.9. The van der Waals surface area contributed by atoms with E-state index >= 15 is 0 Å². The molecule has 0 aliphatic rings. The number of aromatic nitrogens is 1. The molecule has 5 heteroatoms. The normalized spacial score (nSPS) is 10.7. The summed E-state index contributed by atoms with van der Waals surface area (Å²) in [6.07, 6.45) is 2.54. The summed E-state index contributed by atoms with van der Waals surface area (Å²) in [7, 11) is 0. The third kappa shape index (κ3) is 5.10. The van der Waals surface area contributed by atoms with Crippen molar-refractivity contribution in [2.45, 2.75) is 19.9 Å². The van der Waals surface area contributed by atoms with Crippen molar-refractivity contribution in [3.05, 3.63) is 34.7 Å². The van der Waals surface area contributed by atoms with Gasteiger partial charge in [-0.15, -0.1) is 0 Å². The largest absolute Gasteiger partial charge is 0.393 e. The van der Waals surface area contributed by atoms with Gasteiger partial charge in [-0.05, 0) is 12.6 Å². The summed E-state index contributed by atoms with van der Waals surface area (Å²) in [4.78, 5) is 14.3. The molecule has 0 radical (unpaired) electrons. The van der Waals surface area contributed by atoms with Crippen LogP contribution in [0.5, 0.6) is 0 Å². The number of hydrogen-bond acceptors (Lipinski definition) is 3. The zero-order chi connectivity index (χ0) is 12.7. The van der Waals surface area contributed by atoms with Crippen molar-refractivity contribution in [3.63, 3.8) is 0 Å². The van der Waals surface area contributed by atoms with Crippen molar-refractivity contribution < 1.29 is 0 Å². The van der Waals surface area contributed by atoms with E-state index in [0.29, 0.717) is 11.5 Å². The van der Waals surface area contributed by atoms with Gasteiger partial charge in [-0.2, -0.15) is 0 Å². The van der Waals surface area contributed by atoms with Crippen LogP contribution in [0.1, 0.15) is 13.3 Å². The molecule has 0 fully saturated rings. The summed E-state index contributed by atoms with van der Waals surface area (Å²) in [5.41, 5.74) is 5.52. The summed E-state index contributed by atoms with van der Waals surface area (Å²) in [6.45, 7) is 5.42. The maximum absolute atomic E-state index is 11.5. The van der Waals surface area contributed by atoms with Crippen LogP contribution < -0.4 is 11.3 Å². The molecule has 0 bridgehead atoms. The summed E-state index contributed by atoms with van der Waals surface area (Å²) >= 11 is 4.86. The Morgan fingerprint density at radius 1 is 1.47 bits per heavy atom. The first-order valence-corrected chi connectivity index (χ1v) is 6.20. The van der Waals surface area contributed by atoms with Crippen LogP contribution in [0.4, 0.5) is 0 Å². The van der Waals surface area contributed by atoms with E-state index in [1.54, 1.807) is 16.7 Å². The number of hydrogen-bond donors (Lipinski definition) is 1. The van der Waals surface area contributed by atoms with E-state index in [1.165, 1.54) is 0 Å². The second kappa shape index (κ2) is 7.19. The quantitative estimate of drug-likeness (QED) is 0.732. The molecule has 0 atom stereocenters. The summed E-state index contributed by atoms with van der Waals surface area (Å²) in [5.74, 6) is 0. The van der Waals surface area contributed by atoms with Crippen molar-refractivity contribution in [1.82, 2.24) is 9.47 Å². The van der Waals surface area contributed by atoms with Gasteiger partial charge in [0.15, 0.2) is 0 Å². The Morgan fingerprint density at radius 2 is 2.24 bits per heavy atom. The average molecular weight is 253 g/mol. The molecule has 1 rings (SSSR count). The molecule has 0 saturated heterocycles. The molecule has 17 heavy (non-hydrogen) atoms. The lowest BCUT2D eigenvalue weighted by Gasteiger charge is -2.20. The highest BCUT2D eigenvalue weighted by Gasteiger charge is 2.03. The molecule has 0 spiro atoms. The van der Waals surface area contributed by atoms with Crippen LogP contribution in [0.2, 0.25) is 0 Å². The Kier molecular flexibility index (Phi) is 5.86. The van der Waals surface area contributed by atoms with Gasteiger partial charge in [-0.1, -0.05) is 25.2 Å². The van der Waals surface area contributed by atoms with Crippen molar-refractivity contribution in [2.24, 2.45) is 5.73 Å². The molecule has 1 heterocycles. The van der Waals surface area contributed by atoms with Crippen molar-refractivity contribution in [3.8, 4) is 0 Å². The maximum atomic E-state index is 11.5. The second-order valence-corrected chi connectivity index (χ2v) is 4.41. The first-order valence-electron chi connectivity index (χ1n) is 5.79. The topological polar surface area (TPSA) is 51.3 Å². The Morgan fingerprint density at radius 3 is 2.82 bits per heavy atom. The molecule has 0 unspecified atom stereocenters. The minimum absolute atomic E-state index is 0.0397. The number of thiocarbonyl (C=S) groups is 1. The maximum Gasteiger partial charge on any atom is 0.250 e. The summed E-state index contributed by atoms with van der Waals surface area (Å²) in [5, 5.41) is 0. The van der Waals surface area contributed by atoms with Crippen LogP contribution >= 0.6 is 12.2 Å². The second-order valence-electron chi connectivity index (χ2n) is 3.88. The fourth-order valence-corrected chi connectivity index (χ4v) is 1.68. The van der Waals surface area contributed by atoms with Crippen LogP contribution in [-0.2, 0) is 6.54 Å². The molecule has 0 saturated carbocycles. The molecule has 1 aromatic rings. The molecule has 0 aliphatic carbocycles. The Hall–Kier alpha value is -1.20. The van der Waals surface area contributed by atoms with Crippen molar-refractivity contribution >= 4 is 17.2 Å². The Balaban J connectivity index is 2.45. The van der Waals surface area contributed by atoms with Gasteiger partial charge < -0.3 is 15.2 Å². The fraction of sp³-hybridized carbons (Fsp3) is 0.500. The van der Waals surface area contributed by atoms with Crippen LogP contribution in [0, 0.1) is 0 Å². The monoisotopic (exact) mass is 253 g/mol. The predicted octanol–water partition coefficient (Wildman–Crippen LogP) is 0.846. The highest BCUT2D eigenvalue weighted by molar-refractivity contribution is 7.80. The van der Waals surface area contributed by atoms with Crippen molar-refractivity contribution in [1.29, 1.82) is 0 Å². The van der Waals surface area contributed by atoms with E-state index in [9.17, 15) is 4.79 Å². The van der Waals surface area contributed by atoms with E-state index in [0.717, 1.165) is 26.1 Å². The molecule has 4 nitrogen and oxygen atoms in total. The smallest absolute Gasteiger partial charge is 0.250 e. The molecule has 2 N–H and O–H groups in total. The molecule has 1 aromatic heterocycles. The molecular weight excluding hydrogens is 234 g/mol. The molecule has 0 aromatic carbocycles. The number of nitrogens with zero attached hydrogens (tertiary/aromatic N) is 2. The fourth-order valence-electron chi connectivity index (χ4n) is 1.59. The third-order valence-corrected chi connectivity index (χ3v) is 2.88. The number of likely N-dealkylation sites (N-methyl/N-ethyl adjacent to an activating group) is 1. The van der Waals surface area contributed by atoms with Crippen molar-refractivity contribution in [2.75, 3.05) is 19.6 Å². The van der Waals surface area contributed by atoms with Crippen LogP contribution in [-0.4, -0.2) is 34.1 Å². The van der Waals surface area contributed by atoms with E-state index in [4.69, 9.17) is 18.0 Å². The van der Waals surface area contributed by atoms with Gasteiger partial charge in [-0.3, -0.25) is 4.79 Å². The zero-order valence-electron chi connectivity index (χ0n) is 10.1. The molecular formula is C12H19N3OS. The van der Waals surface area contributed by atoms with Gasteiger partial charge >= 0.3 is 0 Å². The Labute approximate surface area is 107 Å². The van der Waals surface area contributed by atoms with E-state index < -0.39 is 0 Å². The highest BCUT2D eigenvalue weighted by atomic mass is 32.1. The first-order chi connectivity index (χ1) is 8.13. The van der Waals surface area contributed by atoms with Crippen LogP contribution in [0.3, 0.4) is 0 Å². The lowest BCUT2D eigenvalue weighted by Crippen LogP contribution is -2.32. The highest BCUT2D eigenvalue weighted by Crippen LogP contribution is 1.93. The lowest BCUT2D eigenvalue weighted by atomic mass is 10.3. The molecule has 94 valence electrons. The standard InChI is InChI=1S/C12H19N3OS/c1-2-14(8-6-11(13)17)9-10-15-7-4-3-5-12(15)16/h3-5,7H,2,6,8-10H2,1H3,(H2,13,17). The third-order valence-electron chi connectivity index (χ3n) is 2.68. The SMILES string of the molecule is CCN(CCC(N)=S)CCn1ccccc1=O. The molecule has 0 amide bonds. The number of rotatable bonds is 7. The van der Waals surface area contributed by atoms with Gasteiger partial charge in [0, 0.05) is 38.3 Å². The predicted molar refractivity (Wildman–Crippen MR) is 74.2 cm³/mol. The summed E-state index contributed by atoms with van der Waals surface area (Å²) < 4.78 is 1.71. The van der Waals surface area contributed by atoms with Gasteiger partial charge in [0.1, 0.15) is 0 Å².